The highest BCUT2D eigenvalue weighted by Crippen LogP contribution is 2.22. The van der Waals surface area contributed by atoms with Gasteiger partial charge in [0.05, 0.1) is 10.8 Å². The molecule has 0 aromatic heterocycles. The summed E-state index contributed by atoms with van der Waals surface area (Å²) in [5, 5.41) is 2.79. The summed E-state index contributed by atoms with van der Waals surface area (Å²) in [6.45, 7) is 2.99. The van der Waals surface area contributed by atoms with Crippen LogP contribution in [0.25, 0.3) is 0 Å². The number of nitrogens with zero attached hydrogens (tertiary/aromatic N) is 1. The van der Waals surface area contributed by atoms with Crippen molar-refractivity contribution in [2.24, 2.45) is 5.92 Å². The Balaban J connectivity index is 1.61. The Bertz CT molecular complexity index is 1090. The first kappa shape index (κ1) is 23.6. The molecule has 2 N–H and O–H groups in total. The Kier molecular flexibility index (Phi) is 7.44. The maximum Gasteiger partial charge on any atom is 0.261 e. The molecule has 1 fully saturated rings. The third-order valence-electron chi connectivity index (χ3n) is 5.21. The van der Waals surface area contributed by atoms with E-state index in [4.69, 9.17) is 0 Å². The molecule has 2 aromatic rings. The Morgan fingerprint density at radius 1 is 1.06 bits per heavy atom. The third-order valence-corrected chi connectivity index (χ3v) is 6.59. The standard InChI is InChI=1S/C22H25F2N3O4S/c1-2-4-21(28)27-12-3-5-15(14-27)22(29)25-16-6-8-17(9-7-16)26-32(30,31)18-10-11-19(23)20(24)13-18/h6-11,13,15,26H,2-5,12,14H2,1H3,(H,25,29). The summed E-state index contributed by atoms with van der Waals surface area (Å²) in [5.74, 6) is -2.85. The molecule has 0 aliphatic carbocycles. The zero-order valence-corrected chi connectivity index (χ0v) is 18.4. The third kappa shape index (κ3) is 5.82. The van der Waals surface area contributed by atoms with Crippen molar-refractivity contribution in [2.45, 2.75) is 37.5 Å². The van der Waals surface area contributed by atoms with Gasteiger partial charge in [0, 0.05) is 30.9 Å². The lowest BCUT2D eigenvalue weighted by atomic mass is 9.96. The quantitative estimate of drug-likeness (QED) is 0.651. The van der Waals surface area contributed by atoms with Gasteiger partial charge in [-0.25, -0.2) is 17.2 Å². The van der Waals surface area contributed by atoms with Crippen molar-refractivity contribution < 1.29 is 26.8 Å². The largest absolute Gasteiger partial charge is 0.342 e. The average Bonchev–Trinajstić information content (AvgIpc) is 2.77. The van der Waals surface area contributed by atoms with Crippen LogP contribution < -0.4 is 10.0 Å². The molecule has 0 saturated carbocycles. The summed E-state index contributed by atoms with van der Waals surface area (Å²) in [6, 6.07) is 8.27. The molecule has 0 radical (unpaired) electrons. The summed E-state index contributed by atoms with van der Waals surface area (Å²) in [4.78, 5) is 26.1. The van der Waals surface area contributed by atoms with Gasteiger partial charge in [-0.2, -0.15) is 0 Å². The van der Waals surface area contributed by atoms with Crippen LogP contribution in [-0.2, 0) is 19.6 Å². The molecule has 3 rings (SSSR count). The number of carbonyl (C=O) groups excluding carboxylic acids is 2. The smallest absolute Gasteiger partial charge is 0.261 e. The van der Waals surface area contributed by atoms with Crippen molar-refractivity contribution in [1.82, 2.24) is 4.90 Å². The zero-order chi connectivity index (χ0) is 23.3. The van der Waals surface area contributed by atoms with Crippen LogP contribution >= 0.6 is 0 Å². The number of hydrogen-bond acceptors (Lipinski definition) is 4. The monoisotopic (exact) mass is 465 g/mol. The molecule has 1 atom stereocenters. The molecule has 172 valence electrons. The van der Waals surface area contributed by atoms with E-state index in [1.807, 2.05) is 6.92 Å². The Morgan fingerprint density at radius 2 is 1.75 bits per heavy atom. The second-order valence-corrected chi connectivity index (χ2v) is 9.36. The average molecular weight is 466 g/mol. The topological polar surface area (TPSA) is 95.6 Å². The van der Waals surface area contributed by atoms with Crippen LogP contribution in [0.3, 0.4) is 0 Å². The van der Waals surface area contributed by atoms with E-state index in [0.29, 0.717) is 37.7 Å². The van der Waals surface area contributed by atoms with Crippen LogP contribution in [0.2, 0.25) is 0 Å². The minimum Gasteiger partial charge on any atom is -0.342 e. The van der Waals surface area contributed by atoms with Gasteiger partial charge >= 0.3 is 0 Å². The molecule has 1 saturated heterocycles. The summed E-state index contributed by atoms with van der Waals surface area (Å²) in [6.07, 6.45) is 2.68. The van der Waals surface area contributed by atoms with Crippen LogP contribution in [-0.4, -0.2) is 38.2 Å². The Morgan fingerprint density at radius 3 is 2.41 bits per heavy atom. The SMILES string of the molecule is CCCC(=O)N1CCCC(C(=O)Nc2ccc(NS(=O)(=O)c3ccc(F)c(F)c3)cc2)C1. The number of benzene rings is 2. The van der Waals surface area contributed by atoms with E-state index < -0.39 is 26.6 Å². The number of hydrogen-bond donors (Lipinski definition) is 2. The van der Waals surface area contributed by atoms with Crippen LogP contribution in [0, 0.1) is 17.6 Å². The molecule has 10 heteroatoms. The number of carbonyl (C=O) groups is 2. The van der Waals surface area contributed by atoms with Gasteiger partial charge in [-0.15, -0.1) is 0 Å². The molecular weight excluding hydrogens is 440 g/mol. The number of likely N-dealkylation sites (tertiary alicyclic amines) is 1. The van der Waals surface area contributed by atoms with Crippen LogP contribution in [0.4, 0.5) is 20.2 Å². The number of halogens is 2. The van der Waals surface area contributed by atoms with Crippen LogP contribution in [0.1, 0.15) is 32.6 Å². The molecule has 32 heavy (non-hydrogen) atoms. The highest BCUT2D eigenvalue weighted by Gasteiger charge is 2.28. The van der Waals surface area contributed by atoms with E-state index >= 15 is 0 Å². The van der Waals surface area contributed by atoms with E-state index in [1.54, 1.807) is 4.90 Å². The predicted octanol–water partition coefficient (Wildman–Crippen LogP) is 3.74. The van der Waals surface area contributed by atoms with Crippen LogP contribution in [0.15, 0.2) is 47.4 Å². The Labute approximate surface area is 185 Å². The van der Waals surface area contributed by atoms with Crippen molar-refractivity contribution in [3.8, 4) is 0 Å². The molecule has 1 heterocycles. The molecular formula is C22H25F2N3O4S. The van der Waals surface area contributed by atoms with Crippen molar-refractivity contribution in [2.75, 3.05) is 23.1 Å². The fraction of sp³-hybridized carbons (Fsp3) is 0.364. The summed E-state index contributed by atoms with van der Waals surface area (Å²) in [5.41, 5.74) is 0.671. The second-order valence-electron chi connectivity index (χ2n) is 7.68. The predicted molar refractivity (Wildman–Crippen MR) is 116 cm³/mol. The van der Waals surface area contributed by atoms with E-state index in [0.717, 1.165) is 25.0 Å². The highest BCUT2D eigenvalue weighted by atomic mass is 32.2. The second kappa shape index (κ2) is 10.1. The van der Waals surface area contributed by atoms with Gasteiger partial charge in [-0.1, -0.05) is 6.92 Å². The molecule has 2 amide bonds. The van der Waals surface area contributed by atoms with Gasteiger partial charge < -0.3 is 10.2 Å². The van der Waals surface area contributed by atoms with Gasteiger partial charge in [-0.3, -0.25) is 14.3 Å². The van der Waals surface area contributed by atoms with Gasteiger partial charge in [0.15, 0.2) is 11.6 Å². The molecule has 1 aliphatic rings. The van der Waals surface area contributed by atoms with Crippen molar-refractivity contribution in [1.29, 1.82) is 0 Å². The first-order valence-corrected chi connectivity index (χ1v) is 11.8. The molecule has 7 nitrogen and oxygen atoms in total. The normalized spacial score (nSPS) is 16.5. The van der Waals surface area contributed by atoms with Gasteiger partial charge in [0.1, 0.15) is 0 Å². The highest BCUT2D eigenvalue weighted by molar-refractivity contribution is 7.92. The fourth-order valence-electron chi connectivity index (χ4n) is 3.51. The number of nitrogens with one attached hydrogen (secondary N) is 2. The first-order chi connectivity index (χ1) is 15.2. The fourth-order valence-corrected chi connectivity index (χ4v) is 4.58. The molecule has 0 bridgehead atoms. The lowest BCUT2D eigenvalue weighted by Gasteiger charge is -2.32. The van der Waals surface area contributed by atoms with E-state index in [-0.39, 0.29) is 23.4 Å². The number of piperidine rings is 1. The van der Waals surface area contributed by atoms with Gasteiger partial charge in [-0.05, 0) is 61.7 Å². The number of amides is 2. The summed E-state index contributed by atoms with van der Waals surface area (Å²) >= 11 is 0. The number of anilines is 2. The first-order valence-electron chi connectivity index (χ1n) is 10.4. The lowest BCUT2D eigenvalue weighted by Crippen LogP contribution is -2.43. The van der Waals surface area contributed by atoms with Crippen LogP contribution in [0.5, 0.6) is 0 Å². The van der Waals surface area contributed by atoms with E-state index in [2.05, 4.69) is 10.0 Å². The molecule has 1 unspecified atom stereocenters. The number of sulfonamides is 1. The summed E-state index contributed by atoms with van der Waals surface area (Å²) < 4.78 is 53.4. The Hall–Kier alpha value is -3.01. The minimum atomic E-state index is -4.11. The molecule has 2 aromatic carbocycles. The van der Waals surface area contributed by atoms with Crippen molar-refractivity contribution in [3.05, 3.63) is 54.1 Å². The van der Waals surface area contributed by atoms with Crippen molar-refractivity contribution in [3.63, 3.8) is 0 Å². The molecule has 0 spiro atoms. The lowest BCUT2D eigenvalue weighted by molar-refractivity contribution is -0.134. The maximum absolute atomic E-state index is 13.4. The number of rotatable bonds is 7. The van der Waals surface area contributed by atoms with Gasteiger partial charge in [0.2, 0.25) is 11.8 Å². The minimum absolute atomic E-state index is 0.0580. The molecule has 1 aliphatic heterocycles. The van der Waals surface area contributed by atoms with Crippen molar-refractivity contribution >= 4 is 33.2 Å². The van der Waals surface area contributed by atoms with E-state index in [1.165, 1.54) is 24.3 Å². The van der Waals surface area contributed by atoms with E-state index in [9.17, 15) is 26.8 Å². The maximum atomic E-state index is 13.4. The zero-order valence-electron chi connectivity index (χ0n) is 17.6. The van der Waals surface area contributed by atoms with Gasteiger partial charge in [0.25, 0.3) is 10.0 Å². The summed E-state index contributed by atoms with van der Waals surface area (Å²) in [7, 11) is -4.11.